The topological polar surface area (TPSA) is 175 Å². The zero-order valence-corrected chi connectivity index (χ0v) is 46.7. The second-order valence-corrected chi connectivity index (χ2v) is 20.0. The van der Waals surface area contributed by atoms with Gasteiger partial charge in [0.25, 0.3) is 0 Å². The second kappa shape index (κ2) is 50.4. The molecule has 0 spiro atoms. The van der Waals surface area contributed by atoms with Crippen LogP contribution in [0.2, 0.25) is 0 Å². The van der Waals surface area contributed by atoms with E-state index >= 15 is 0 Å². The van der Waals surface area contributed by atoms with Gasteiger partial charge in [-0.15, -0.1) is 0 Å². The van der Waals surface area contributed by atoms with Gasteiger partial charge in [0.2, 0.25) is 5.91 Å². The minimum Gasteiger partial charge on any atom is -0.454 e. The van der Waals surface area contributed by atoms with Crippen molar-refractivity contribution in [1.82, 2.24) is 5.32 Å². The van der Waals surface area contributed by atoms with E-state index in [2.05, 4.69) is 111 Å². The molecule has 0 bridgehead atoms. The molecule has 0 saturated carbocycles. The van der Waals surface area contributed by atoms with Crippen LogP contribution in [0, 0.1) is 0 Å². The lowest BCUT2D eigenvalue weighted by Gasteiger charge is -2.41. The SMILES string of the molecule is CC/C=C\C/C=C\C/C=C\C/C=C\C/C=C\C/C=C\CCCCCC(O)C(=O)NC(COC1OC(CO)C(O)C(O)C1OC(=O)CCCCCCC/C=C\CCCC)C(O)/C=C/CCCCCCCCCCCC. The van der Waals surface area contributed by atoms with Crippen LogP contribution in [0.3, 0.4) is 0 Å². The number of hydrogen-bond acceptors (Lipinski definition) is 10. The smallest absolute Gasteiger partial charge is 0.306 e. The van der Waals surface area contributed by atoms with Crippen LogP contribution < -0.4 is 5.32 Å². The minimum absolute atomic E-state index is 0.105. The molecule has 1 heterocycles. The molecule has 6 N–H and O–H groups in total. The lowest BCUT2D eigenvalue weighted by Crippen LogP contribution is -2.61. The first-order valence-electron chi connectivity index (χ1n) is 29.5. The zero-order chi connectivity index (χ0) is 54.0. The van der Waals surface area contributed by atoms with Crippen LogP contribution in [-0.2, 0) is 23.8 Å². The molecule has 1 saturated heterocycles. The van der Waals surface area contributed by atoms with Crippen LogP contribution in [-0.4, -0.2) is 99.6 Å². The number of carbonyl (C=O) groups excluding carboxylic acids is 2. The Kier molecular flexibility index (Phi) is 46.7. The van der Waals surface area contributed by atoms with Crippen molar-refractivity contribution < 1.29 is 49.3 Å². The molecule has 11 nitrogen and oxygen atoms in total. The summed E-state index contributed by atoms with van der Waals surface area (Å²) in [4.78, 5) is 26.4. The van der Waals surface area contributed by atoms with E-state index in [1.165, 1.54) is 57.8 Å². The molecule has 0 aromatic heterocycles. The molecule has 8 unspecified atom stereocenters. The Bertz CT molecular complexity index is 1570. The van der Waals surface area contributed by atoms with Gasteiger partial charge in [0, 0.05) is 6.42 Å². The molecule has 1 fully saturated rings. The molecule has 0 aromatic rings. The van der Waals surface area contributed by atoms with Gasteiger partial charge in [0.1, 0.15) is 24.4 Å². The molecule has 1 aliphatic heterocycles. The van der Waals surface area contributed by atoms with Crippen LogP contribution >= 0.6 is 0 Å². The van der Waals surface area contributed by atoms with E-state index in [0.29, 0.717) is 12.8 Å². The lowest BCUT2D eigenvalue weighted by atomic mass is 9.99. The molecule has 8 atom stereocenters. The monoisotopic (exact) mass is 1040 g/mol. The zero-order valence-electron chi connectivity index (χ0n) is 46.7. The first-order chi connectivity index (χ1) is 36.2. The summed E-state index contributed by atoms with van der Waals surface area (Å²) in [6.45, 7) is 5.59. The van der Waals surface area contributed by atoms with Crippen LogP contribution in [0.5, 0.6) is 0 Å². The maximum absolute atomic E-state index is 13.4. The van der Waals surface area contributed by atoms with Crippen molar-refractivity contribution in [3.8, 4) is 0 Å². The molecule has 0 radical (unpaired) electrons. The van der Waals surface area contributed by atoms with Crippen LogP contribution in [0.25, 0.3) is 0 Å². The number of aliphatic hydroxyl groups excluding tert-OH is 5. The second-order valence-electron chi connectivity index (χ2n) is 20.0. The highest BCUT2D eigenvalue weighted by atomic mass is 16.7. The number of amides is 1. The molecule has 424 valence electrons. The average Bonchev–Trinajstić information content (AvgIpc) is 3.40. The highest BCUT2D eigenvalue weighted by molar-refractivity contribution is 5.80. The summed E-state index contributed by atoms with van der Waals surface area (Å²) in [6.07, 6.45) is 56.0. The van der Waals surface area contributed by atoms with Gasteiger partial charge >= 0.3 is 5.97 Å². The number of rotatable bonds is 48. The Balaban J connectivity index is 2.72. The third-order valence-electron chi connectivity index (χ3n) is 13.2. The first-order valence-corrected chi connectivity index (χ1v) is 29.5. The highest BCUT2D eigenvalue weighted by Crippen LogP contribution is 2.26. The number of nitrogens with one attached hydrogen (secondary N) is 1. The van der Waals surface area contributed by atoms with Crippen molar-refractivity contribution in [2.45, 2.75) is 275 Å². The molecule has 11 heteroatoms. The van der Waals surface area contributed by atoms with Gasteiger partial charge in [-0.2, -0.15) is 0 Å². The summed E-state index contributed by atoms with van der Waals surface area (Å²) in [5.74, 6) is -1.24. The predicted molar refractivity (Wildman–Crippen MR) is 305 cm³/mol. The summed E-state index contributed by atoms with van der Waals surface area (Å²) in [5, 5.41) is 56.8. The molecule has 1 rings (SSSR count). The Morgan fingerprint density at radius 2 is 0.986 bits per heavy atom. The summed E-state index contributed by atoms with van der Waals surface area (Å²) >= 11 is 0. The quantitative estimate of drug-likeness (QED) is 0.0195. The van der Waals surface area contributed by atoms with Gasteiger partial charge < -0.3 is 45.1 Å². The molecule has 74 heavy (non-hydrogen) atoms. The van der Waals surface area contributed by atoms with Crippen molar-refractivity contribution in [3.05, 3.63) is 97.2 Å². The molecule has 0 aliphatic carbocycles. The maximum Gasteiger partial charge on any atom is 0.306 e. The van der Waals surface area contributed by atoms with Crippen molar-refractivity contribution in [2.75, 3.05) is 13.2 Å². The molecule has 1 aliphatic rings. The van der Waals surface area contributed by atoms with Gasteiger partial charge in [0.15, 0.2) is 12.4 Å². The number of unbranched alkanes of at least 4 members (excludes halogenated alkanes) is 20. The highest BCUT2D eigenvalue weighted by Gasteiger charge is 2.47. The summed E-state index contributed by atoms with van der Waals surface area (Å²) < 4.78 is 17.5. The molecule has 1 amide bonds. The van der Waals surface area contributed by atoms with E-state index < -0.39 is 67.4 Å². The fourth-order valence-corrected chi connectivity index (χ4v) is 8.52. The Morgan fingerprint density at radius 1 is 0.541 bits per heavy atom. The Morgan fingerprint density at radius 3 is 1.51 bits per heavy atom. The molecular formula is C63H107NO10. The Hall–Kier alpha value is -3.42. The standard InChI is InChI=1S/C63H107NO10/c1-4-7-10-13-16-19-22-24-25-26-27-28-29-30-31-32-33-36-38-41-44-47-50-56(67)62(71)64-54(55(66)49-46-43-40-37-35-23-20-17-14-11-8-5-2)53-72-63-61(60(70)59(69)57(52-65)73-63)74-58(68)51-48-45-42-39-34-21-18-15-12-9-6-3/h7,10,15-16,18-19,24-25,27-28,30-31,33,36,46,49,54-57,59-61,63,65-67,69-70H,4-6,8-9,11-14,17,20-23,26,29,32,34-35,37-45,47-48,50-53H2,1-3H3,(H,64,71)/b10-7-,18-15-,19-16-,25-24-,28-27-,31-30-,36-33-,49-46+. The minimum atomic E-state index is -1.62. The Labute approximate surface area is 450 Å². The molecular weight excluding hydrogens is 931 g/mol. The van der Waals surface area contributed by atoms with Crippen molar-refractivity contribution >= 4 is 11.9 Å². The summed E-state index contributed by atoms with van der Waals surface area (Å²) in [6, 6.07) is -1.04. The third-order valence-corrected chi connectivity index (χ3v) is 13.2. The van der Waals surface area contributed by atoms with Gasteiger partial charge in [-0.25, -0.2) is 0 Å². The maximum atomic E-state index is 13.4. The van der Waals surface area contributed by atoms with Gasteiger partial charge in [-0.3, -0.25) is 9.59 Å². The van der Waals surface area contributed by atoms with E-state index in [-0.39, 0.29) is 19.4 Å². The molecule has 0 aromatic carbocycles. The number of ether oxygens (including phenoxy) is 3. The number of carbonyl (C=O) groups is 2. The number of allylic oxidation sites excluding steroid dienone is 15. The summed E-state index contributed by atoms with van der Waals surface area (Å²) in [5.41, 5.74) is 0. The summed E-state index contributed by atoms with van der Waals surface area (Å²) in [7, 11) is 0. The van der Waals surface area contributed by atoms with Crippen molar-refractivity contribution in [1.29, 1.82) is 0 Å². The predicted octanol–water partition coefficient (Wildman–Crippen LogP) is 13.6. The van der Waals surface area contributed by atoms with Gasteiger partial charge in [-0.05, 0) is 96.3 Å². The first kappa shape index (κ1) is 68.6. The fourth-order valence-electron chi connectivity index (χ4n) is 8.52. The largest absolute Gasteiger partial charge is 0.454 e. The number of hydrogen-bond donors (Lipinski definition) is 6. The van der Waals surface area contributed by atoms with Crippen molar-refractivity contribution in [2.24, 2.45) is 0 Å². The number of aliphatic hydroxyl groups is 5. The fraction of sp³-hybridized carbons (Fsp3) is 0.714. The van der Waals surface area contributed by atoms with E-state index in [4.69, 9.17) is 14.2 Å². The van der Waals surface area contributed by atoms with Crippen LogP contribution in [0.1, 0.15) is 226 Å². The van der Waals surface area contributed by atoms with Crippen molar-refractivity contribution in [3.63, 3.8) is 0 Å². The van der Waals surface area contributed by atoms with Crippen LogP contribution in [0.15, 0.2) is 97.2 Å². The lowest BCUT2D eigenvalue weighted by molar-refractivity contribution is -0.305. The van der Waals surface area contributed by atoms with E-state index in [0.717, 1.165) is 122 Å². The van der Waals surface area contributed by atoms with Gasteiger partial charge in [0.05, 0.1) is 25.4 Å². The average molecular weight is 1040 g/mol. The number of esters is 1. The third kappa shape index (κ3) is 38.2. The van der Waals surface area contributed by atoms with E-state index in [1.54, 1.807) is 6.08 Å². The van der Waals surface area contributed by atoms with Gasteiger partial charge in [-0.1, -0.05) is 221 Å². The van der Waals surface area contributed by atoms with E-state index in [9.17, 15) is 35.1 Å². The van der Waals surface area contributed by atoms with Crippen LogP contribution in [0.4, 0.5) is 0 Å². The van der Waals surface area contributed by atoms with E-state index in [1.807, 2.05) is 6.08 Å². The normalized spacial score (nSPS) is 20.0.